The van der Waals surface area contributed by atoms with Crippen LogP contribution in [0.2, 0.25) is 0 Å². The Kier molecular flexibility index (Phi) is 6.01. The number of nitrogens with zero attached hydrogens (tertiary/aromatic N) is 2. The van der Waals surface area contributed by atoms with E-state index in [1.54, 1.807) is 29.4 Å². The lowest BCUT2D eigenvalue weighted by atomic mass is 9.95. The van der Waals surface area contributed by atoms with Crippen LogP contribution < -0.4 is 11.1 Å². The van der Waals surface area contributed by atoms with Gasteiger partial charge in [-0.2, -0.15) is 0 Å². The zero-order valence-electron chi connectivity index (χ0n) is 16.4. The Morgan fingerprint density at radius 2 is 2.27 bits per heavy atom. The number of aromatic nitrogens is 1. The fourth-order valence-electron chi connectivity index (χ4n) is 3.70. The molecule has 0 saturated carbocycles. The molecule has 2 aromatic heterocycles. The number of nitrogens with two attached hydrogens (primary N) is 1. The van der Waals surface area contributed by atoms with Gasteiger partial charge >= 0.3 is 6.09 Å². The summed E-state index contributed by atoms with van der Waals surface area (Å²) in [6.07, 6.45) is 7.96. The molecule has 1 aliphatic heterocycles. The van der Waals surface area contributed by atoms with Crippen molar-refractivity contribution in [2.45, 2.75) is 37.9 Å². The second kappa shape index (κ2) is 8.85. The molecule has 4 rings (SSSR count). The van der Waals surface area contributed by atoms with Crippen LogP contribution in [-0.4, -0.2) is 52.3 Å². The van der Waals surface area contributed by atoms with E-state index in [1.165, 1.54) is 17.4 Å². The van der Waals surface area contributed by atoms with E-state index >= 15 is 0 Å². The fourth-order valence-corrected chi connectivity index (χ4v) is 4.93. The topological polar surface area (TPSA) is 118 Å². The highest BCUT2D eigenvalue weighted by Gasteiger charge is 2.31. The summed E-state index contributed by atoms with van der Waals surface area (Å²) in [6, 6.07) is 3.66. The molecule has 2 amide bonds. The van der Waals surface area contributed by atoms with E-state index in [-0.39, 0.29) is 18.1 Å². The first-order valence-electron chi connectivity index (χ1n) is 9.92. The summed E-state index contributed by atoms with van der Waals surface area (Å²) in [7, 11) is 0. The van der Waals surface area contributed by atoms with Gasteiger partial charge in [-0.05, 0) is 42.5 Å². The van der Waals surface area contributed by atoms with Crippen LogP contribution in [0.5, 0.6) is 0 Å². The maximum absolute atomic E-state index is 12.3. The van der Waals surface area contributed by atoms with Crippen LogP contribution in [0.25, 0.3) is 6.08 Å². The molecular weight excluding hydrogens is 404 g/mol. The van der Waals surface area contributed by atoms with E-state index in [1.807, 2.05) is 6.07 Å². The van der Waals surface area contributed by atoms with E-state index in [0.717, 1.165) is 16.0 Å². The van der Waals surface area contributed by atoms with Crippen LogP contribution >= 0.6 is 11.3 Å². The number of fused-ring (bicyclic) bond motifs is 1. The minimum Gasteiger partial charge on any atom is -0.446 e. The number of aliphatic hydroxyl groups is 1. The van der Waals surface area contributed by atoms with Gasteiger partial charge in [-0.25, -0.2) is 4.79 Å². The van der Waals surface area contributed by atoms with Gasteiger partial charge in [-0.15, -0.1) is 11.3 Å². The van der Waals surface area contributed by atoms with Crippen LogP contribution in [0.3, 0.4) is 0 Å². The van der Waals surface area contributed by atoms with Crippen molar-refractivity contribution >= 4 is 40.1 Å². The van der Waals surface area contributed by atoms with Gasteiger partial charge in [0.25, 0.3) is 0 Å². The van der Waals surface area contributed by atoms with E-state index in [9.17, 15) is 14.7 Å². The lowest BCUT2D eigenvalue weighted by molar-refractivity contribution is -0.111. The average Bonchev–Trinajstić information content (AvgIpc) is 3.31. The van der Waals surface area contributed by atoms with E-state index < -0.39 is 6.10 Å². The quantitative estimate of drug-likeness (QED) is 0.644. The number of rotatable bonds is 4. The van der Waals surface area contributed by atoms with E-state index in [4.69, 9.17) is 10.5 Å². The Morgan fingerprint density at radius 3 is 3.00 bits per heavy atom. The summed E-state index contributed by atoms with van der Waals surface area (Å²) >= 11 is 1.43. The highest BCUT2D eigenvalue weighted by Crippen LogP contribution is 2.40. The molecule has 1 unspecified atom stereocenters. The maximum atomic E-state index is 12.3. The van der Waals surface area contributed by atoms with E-state index in [2.05, 4.69) is 10.3 Å². The Labute approximate surface area is 178 Å². The molecule has 2 atom stereocenters. The minimum atomic E-state index is -0.467. The number of β-amino-alcohol motifs (C(OH)–C–C–N with tert-alkyl or cyclic N) is 1. The summed E-state index contributed by atoms with van der Waals surface area (Å²) in [4.78, 5) is 31.1. The summed E-state index contributed by atoms with van der Waals surface area (Å²) in [5, 5.41) is 13.1. The van der Waals surface area contributed by atoms with Crippen molar-refractivity contribution < 1.29 is 19.4 Å². The first kappa shape index (κ1) is 20.4. The largest absolute Gasteiger partial charge is 0.446 e. The van der Waals surface area contributed by atoms with Crippen LogP contribution in [0.4, 0.5) is 15.5 Å². The van der Waals surface area contributed by atoms with Gasteiger partial charge in [0.2, 0.25) is 5.91 Å². The first-order valence-corrected chi connectivity index (χ1v) is 10.7. The van der Waals surface area contributed by atoms with Crippen molar-refractivity contribution in [1.29, 1.82) is 0 Å². The Hall–Kier alpha value is -2.91. The second-order valence-electron chi connectivity index (χ2n) is 7.49. The van der Waals surface area contributed by atoms with Crippen LogP contribution in [0, 0.1) is 0 Å². The number of aliphatic hydroxyl groups excluding tert-OH is 1. The molecule has 0 bridgehead atoms. The molecule has 0 spiro atoms. The lowest BCUT2D eigenvalue weighted by Gasteiger charge is -2.25. The van der Waals surface area contributed by atoms with Gasteiger partial charge in [0.1, 0.15) is 11.1 Å². The predicted octanol–water partition coefficient (Wildman–Crippen LogP) is 2.44. The maximum Gasteiger partial charge on any atom is 0.410 e. The number of pyridine rings is 1. The van der Waals surface area contributed by atoms with Gasteiger partial charge in [0, 0.05) is 42.9 Å². The smallest absolute Gasteiger partial charge is 0.410 e. The molecule has 30 heavy (non-hydrogen) atoms. The Balaban J connectivity index is 1.36. The molecule has 1 aliphatic carbocycles. The lowest BCUT2D eigenvalue weighted by Crippen LogP contribution is -2.35. The number of likely N-dealkylation sites (tertiary alicyclic amines) is 1. The average molecular weight is 429 g/mol. The molecule has 0 radical (unpaired) electrons. The second-order valence-corrected chi connectivity index (χ2v) is 8.60. The van der Waals surface area contributed by atoms with Crippen molar-refractivity contribution in [3.05, 3.63) is 46.6 Å². The SMILES string of the molecule is Nc1c(NC(=O)/C=C/c2cccnc2)sc2c1CCC(OC(=O)N1CC[C@@H](O)C1)C2. The van der Waals surface area contributed by atoms with Gasteiger partial charge in [-0.3, -0.25) is 9.78 Å². The standard InChI is InChI=1S/C21H24N4O4S/c22-19-16-5-4-15(29-21(28)25-9-7-14(26)12-25)10-17(16)30-20(19)24-18(27)6-3-13-2-1-8-23-11-13/h1-3,6,8,11,14-15,26H,4-5,7,9-10,12,22H2,(H,24,27)/b6-3+/t14-,15?/m1/s1. The number of hydrogen-bond acceptors (Lipinski definition) is 7. The molecule has 4 N–H and O–H groups in total. The highest BCUT2D eigenvalue weighted by atomic mass is 32.1. The van der Waals surface area contributed by atoms with Crippen LogP contribution in [0.1, 0.15) is 28.8 Å². The van der Waals surface area contributed by atoms with Crippen LogP contribution in [-0.2, 0) is 22.4 Å². The number of ether oxygens (including phenoxy) is 1. The van der Waals surface area contributed by atoms with E-state index in [0.29, 0.717) is 49.5 Å². The molecule has 1 fully saturated rings. The summed E-state index contributed by atoms with van der Waals surface area (Å²) in [6.45, 7) is 0.845. The summed E-state index contributed by atoms with van der Waals surface area (Å²) < 4.78 is 5.64. The summed E-state index contributed by atoms with van der Waals surface area (Å²) in [5.74, 6) is -0.264. The molecule has 158 valence electrons. The van der Waals surface area contributed by atoms with Crippen molar-refractivity contribution in [2.75, 3.05) is 24.1 Å². The molecule has 3 heterocycles. The van der Waals surface area contributed by atoms with Crippen LogP contribution in [0.15, 0.2) is 30.6 Å². The third-order valence-corrected chi connectivity index (χ3v) is 6.48. The number of thiophene rings is 1. The number of anilines is 2. The number of nitrogen functional groups attached to an aromatic ring is 1. The Bertz CT molecular complexity index is 959. The third kappa shape index (κ3) is 4.63. The normalized spacial score (nSPS) is 20.9. The van der Waals surface area contributed by atoms with Gasteiger partial charge in [0.05, 0.1) is 11.8 Å². The first-order chi connectivity index (χ1) is 14.5. The van der Waals surface area contributed by atoms with Crippen molar-refractivity contribution in [3.63, 3.8) is 0 Å². The molecule has 0 aromatic carbocycles. The van der Waals surface area contributed by atoms with Crippen molar-refractivity contribution in [3.8, 4) is 0 Å². The molecular formula is C21H24N4O4S. The number of amides is 2. The predicted molar refractivity (Wildman–Crippen MR) is 115 cm³/mol. The number of carbonyl (C=O) groups excluding carboxylic acids is 2. The number of carbonyl (C=O) groups is 2. The molecule has 2 aromatic rings. The fraction of sp³-hybridized carbons (Fsp3) is 0.381. The third-order valence-electron chi connectivity index (χ3n) is 5.30. The monoisotopic (exact) mass is 428 g/mol. The van der Waals surface area contributed by atoms with Gasteiger partial charge < -0.3 is 25.8 Å². The van der Waals surface area contributed by atoms with Gasteiger partial charge in [-0.1, -0.05) is 6.07 Å². The zero-order chi connectivity index (χ0) is 21.1. The highest BCUT2D eigenvalue weighted by molar-refractivity contribution is 7.17. The molecule has 2 aliphatic rings. The number of hydrogen-bond donors (Lipinski definition) is 3. The molecule has 9 heteroatoms. The molecule has 8 nitrogen and oxygen atoms in total. The minimum absolute atomic E-state index is 0.227. The van der Waals surface area contributed by atoms with Gasteiger partial charge in [0.15, 0.2) is 0 Å². The Morgan fingerprint density at radius 1 is 1.40 bits per heavy atom. The number of nitrogens with one attached hydrogen (secondary N) is 1. The van der Waals surface area contributed by atoms with Crippen molar-refractivity contribution in [2.24, 2.45) is 0 Å². The summed E-state index contributed by atoms with van der Waals surface area (Å²) in [5.41, 5.74) is 8.71. The molecule has 1 saturated heterocycles. The zero-order valence-corrected chi connectivity index (χ0v) is 17.2. The van der Waals surface area contributed by atoms with Crippen molar-refractivity contribution in [1.82, 2.24) is 9.88 Å².